The van der Waals surface area contributed by atoms with Crippen LogP contribution in [-0.2, 0) is 14.1 Å². The first-order chi connectivity index (χ1) is 5.46. The molecule has 0 saturated carbocycles. The van der Waals surface area contributed by atoms with Crippen molar-refractivity contribution in [3.63, 3.8) is 0 Å². The van der Waals surface area contributed by atoms with E-state index in [-0.39, 0.29) is 10.2 Å². The summed E-state index contributed by atoms with van der Waals surface area (Å²) in [6.07, 6.45) is 0. The van der Waals surface area contributed by atoms with Crippen LogP contribution in [-0.4, -0.2) is 9.13 Å². The van der Waals surface area contributed by atoms with Crippen molar-refractivity contribution < 1.29 is 0 Å². The molecule has 0 aliphatic rings. The van der Waals surface area contributed by atoms with Gasteiger partial charge in [0.05, 0.1) is 0 Å². The molecule has 0 aliphatic heterocycles. The van der Waals surface area contributed by atoms with E-state index in [2.05, 4.69) is 0 Å². The van der Waals surface area contributed by atoms with Crippen molar-refractivity contribution in [2.75, 3.05) is 0 Å². The molecule has 6 heteroatoms. The van der Waals surface area contributed by atoms with Gasteiger partial charge < -0.3 is 0 Å². The Morgan fingerprint density at radius 3 is 2.08 bits per heavy atom. The molecule has 0 radical (unpaired) electrons. The monoisotopic (exact) mass is 208 g/mol. The van der Waals surface area contributed by atoms with Gasteiger partial charge in [0.2, 0.25) is 0 Å². The maximum absolute atomic E-state index is 11.1. The summed E-state index contributed by atoms with van der Waals surface area (Å²) in [5.74, 6) is 0. The molecular formula is C6H6Cl2N2O2. The SMILES string of the molecule is Cn1c(Cl)c(Cl)c(=O)n(C)c1=O. The van der Waals surface area contributed by atoms with Gasteiger partial charge in [-0.2, -0.15) is 0 Å². The molecule has 0 spiro atoms. The van der Waals surface area contributed by atoms with Crippen LogP contribution in [0.15, 0.2) is 9.59 Å². The maximum atomic E-state index is 11.1. The third kappa shape index (κ3) is 1.17. The number of aromatic nitrogens is 2. The summed E-state index contributed by atoms with van der Waals surface area (Å²) in [7, 11) is 2.78. The van der Waals surface area contributed by atoms with Crippen molar-refractivity contribution in [3.8, 4) is 0 Å². The fourth-order valence-electron chi connectivity index (χ4n) is 0.779. The molecule has 0 saturated heterocycles. The predicted molar refractivity (Wildman–Crippen MR) is 46.9 cm³/mol. The molecule has 4 nitrogen and oxygen atoms in total. The Hall–Kier alpha value is -0.740. The number of hydrogen-bond acceptors (Lipinski definition) is 2. The smallest absolute Gasteiger partial charge is 0.286 e. The molecule has 1 heterocycles. The van der Waals surface area contributed by atoms with Gasteiger partial charge >= 0.3 is 5.69 Å². The van der Waals surface area contributed by atoms with Crippen LogP contribution in [0.4, 0.5) is 0 Å². The Morgan fingerprint density at radius 2 is 1.58 bits per heavy atom. The molecule has 0 bridgehead atoms. The van der Waals surface area contributed by atoms with Crippen LogP contribution < -0.4 is 11.2 Å². The molecule has 1 rings (SSSR count). The van der Waals surface area contributed by atoms with Crippen LogP contribution in [0, 0.1) is 0 Å². The second-order valence-electron chi connectivity index (χ2n) is 2.31. The van der Waals surface area contributed by atoms with E-state index >= 15 is 0 Å². The summed E-state index contributed by atoms with van der Waals surface area (Å²) in [4.78, 5) is 22.2. The Morgan fingerprint density at radius 1 is 1.08 bits per heavy atom. The third-order valence-corrected chi connectivity index (χ3v) is 2.42. The first-order valence-electron chi connectivity index (χ1n) is 3.08. The fraction of sp³-hybridized carbons (Fsp3) is 0.333. The molecule has 0 aliphatic carbocycles. The van der Waals surface area contributed by atoms with Gasteiger partial charge in [0.25, 0.3) is 5.56 Å². The molecular weight excluding hydrogens is 203 g/mol. The summed E-state index contributed by atoms with van der Waals surface area (Å²) >= 11 is 11.1. The van der Waals surface area contributed by atoms with E-state index in [9.17, 15) is 9.59 Å². The third-order valence-electron chi connectivity index (χ3n) is 1.54. The van der Waals surface area contributed by atoms with Crippen LogP contribution in [0.25, 0.3) is 0 Å². The number of halogens is 2. The minimum atomic E-state index is -0.579. The van der Waals surface area contributed by atoms with Gasteiger partial charge in [0, 0.05) is 14.1 Å². The molecule has 1 aromatic rings. The lowest BCUT2D eigenvalue weighted by atomic mass is 10.6. The lowest BCUT2D eigenvalue weighted by Crippen LogP contribution is -2.37. The zero-order chi connectivity index (χ0) is 9.46. The normalized spacial score (nSPS) is 10.3. The Balaban J connectivity index is 3.86. The molecule has 66 valence electrons. The lowest BCUT2D eigenvalue weighted by Gasteiger charge is -2.04. The van der Waals surface area contributed by atoms with Crippen LogP contribution in [0.5, 0.6) is 0 Å². The van der Waals surface area contributed by atoms with E-state index in [0.29, 0.717) is 0 Å². The minimum absolute atomic E-state index is 0.0373. The Kier molecular flexibility index (Phi) is 2.30. The van der Waals surface area contributed by atoms with E-state index in [1.165, 1.54) is 14.1 Å². The molecule has 0 aromatic carbocycles. The summed E-state index contributed by atoms with van der Waals surface area (Å²) in [5.41, 5.74) is -1.07. The molecule has 0 N–H and O–H groups in total. The van der Waals surface area contributed by atoms with Crippen molar-refractivity contribution in [2.24, 2.45) is 14.1 Å². The highest BCUT2D eigenvalue weighted by Gasteiger charge is 2.10. The molecule has 12 heavy (non-hydrogen) atoms. The average molecular weight is 209 g/mol. The summed E-state index contributed by atoms with van der Waals surface area (Å²) in [5, 5.41) is -0.175. The number of rotatable bonds is 0. The lowest BCUT2D eigenvalue weighted by molar-refractivity contribution is 0.687. The Labute approximate surface area is 78.0 Å². The van der Waals surface area contributed by atoms with E-state index in [0.717, 1.165) is 9.13 Å². The molecule has 0 amide bonds. The zero-order valence-corrected chi connectivity index (χ0v) is 7.98. The quantitative estimate of drug-likeness (QED) is 0.580. The molecule has 0 atom stereocenters. The summed E-state index contributed by atoms with van der Waals surface area (Å²) < 4.78 is 2.00. The van der Waals surface area contributed by atoms with Gasteiger partial charge in [0.15, 0.2) is 0 Å². The van der Waals surface area contributed by atoms with Crippen molar-refractivity contribution in [1.29, 1.82) is 0 Å². The minimum Gasteiger partial charge on any atom is -0.286 e. The standard InChI is InChI=1S/C6H6Cl2N2O2/c1-9-4(8)3(7)5(11)10(2)6(9)12/h1-2H3. The van der Waals surface area contributed by atoms with Crippen LogP contribution in [0.2, 0.25) is 10.2 Å². The van der Waals surface area contributed by atoms with Gasteiger partial charge in [-0.3, -0.25) is 13.9 Å². The number of nitrogens with zero attached hydrogens (tertiary/aromatic N) is 2. The first-order valence-corrected chi connectivity index (χ1v) is 3.83. The van der Waals surface area contributed by atoms with Gasteiger partial charge in [-0.25, -0.2) is 4.79 Å². The summed E-state index contributed by atoms with van der Waals surface area (Å²) in [6, 6.07) is 0. The van der Waals surface area contributed by atoms with Gasteiger partial charge in [-0.1, -0.05) is 23.2 Å². The maximum Gasteiger partial charge on any atom is 0.331 e. The van der Waals surface area contributed by atoms with Crippen molar-refractivity contribution >= 4 is 23.2 Å². The van der Waals surface area contributed by atoms with E-state index < -0.39 is 11.2 Å². The van der Waals surface area contributed by atoms with Crippen LogP contribution in [0.1, 0.15) is 0 Å². The van der Waals surface area contributed by atoms with E-state index in [4.69, 9.17) is 23.2 Å². The first kappa shape index (κ1) is 9.35. The van der Waals surface area contributed by atoms with Crippen LogP contribution in [0.3, 0.4) is 0 Å². The number of hydrogen-bond donors (Lipinski definition) is 0. The average Bonchev–Trinajstić information content (AvgIpc) is 2.08. The van der Waals surface area contributed by atoms with Gasteiger partial charge in [-0.05, 0) is 0 Å². The van der Waals surface area contributed by atoms with Crippen molar-refractivity contribution in [2.45, 2.75) is 0 Å². The molecule has 1 aromatic heterocycles. The Bertz CT molecular complexity index is 395. The highest BCUT2D eigenvalue weighted by molar-refractivity contribution is 6.41. The van der Waals surface area contributed by atoms with Gasteiger partial charge in [0.1, 0.15) is 10.2 Å². The second kappa shape index (κ2) is 2.95. The van der Waals surface area contributed by atoms with Crippen molar-refractivity contribution in [3.05, 3.63) is 31.0 Å². The largest absolute Gasteiger partial charge is 0.331 e. The highest BCUT2D eigenvalue weighted by Crippen LogP contribution is 2.13. The molecule has 0 fully saturated rings. The topological polar surface area (TPSA) is 44.0 Å². The van der Waals surface area contributed by atoms with E-state index in [1.807, 2.05) is 0 Å². The molecule has 0 unspecified atom stereocenters. The predicted octanol–water partition coefficient (Wildman–Crippen LogP) is 0.391. The zero-order valence-electron chi connectivity index (χ0n) is 6.47. The van der Waals surface area contributed by atoms with E-state index in [1.54, 1.807) is 0 Å². The van der Waals surface area contributed by atoms with Gasteiger partial charge in [-0.15, -0.1) is 0 Å². The highest BCUT2D eigenvalue weighted by atomic mass is 35.5. The summed E-state index contributed by atoms with van der Waals surface area (Å²) in [6.45, 7) is 0. The fourth-order valence-corrected chi connectivity index (χ4v) is 1.19. The van der Waals surface area contributed by atoms with Crippen LogP contribution >= 0.6 is 23.2 Å². The second-order valence-corrected chi connectivity index (χ2v) is 3.05. The van der Waals surface area contributed by atoms with Crippen molar-refractivity contribution in [1.82, 2.24) is 9.13 Å².